The lowest BCUT2D eigenvalue weighted by molar-refractivity contribution is -0.136. The number of para-hydroxylation sites is 1. The molecule has 1 heterocycles. The fourth-order valence-electron chi connectivity index (χ4n) is 1.99. The lowest BCUT2D eigenvalue weighted by Crippen LogP contribution is -2.14. The molecule has 0 aliphatic rings. The van der Waals surface area contributed by atoms with E-state index in [2.05, 4.69) is 10.4 Å². The molecule has 0 unspecified atom stereocenters. The third-order valence-corrected chi connectivity index (χ3v) is 2.96. The Kier molecular flexibility index (Phi) is 4.71. The Bertz CT molecular complexity index is 649. The van der Waals surface area contributed by atoms with Gasteiger partial charge in [0.25, 0.3) is 5.91 Å². The molecule has 2 N–H and O–H groups in total. The van der Waals surface area contributed by atoms with Crippen LogP contribution in [0.4, 0.5) is 5.69 Å². The molecule has 0 atom stereocenters. The van der Waals surface area contributed by atoms with Crippen molar-refractivity contribution in [3.63, 3.8) is 0 Å². The number of nitrogens with zero attached hydrogens (tertiary/aromatic N) is 2. The number of carbonyl (C=O) groups is 2. The highest BCUT2D eigenvalue weighted by Gasteiger charge is 2.12. The van der Waals surface area contributed by atoms with Crippen molar-refractivity contribution in [2.75, 3.05) is 5.32 Å². The van der Waals surface area contributed by atoms with Crippen molar-refractivity contribution < 1.29 is 14.7 Å². The van der Waals surface area contributed by atoms with Crippen molar-refractivity contribution in [1.82, 2.24) is 9.78 Å². The van der Waals surface area contributed by atoms with Crippen LogP contribution in [0.2, 0.25) is 0 Å². The predicted molar refractivity (Wildman–Crippen MR) is 78.3 cm³/mol. The summed E-state index contributed by atoms with van der Waals surface area (Å²) in [7, 11) is 0. The average molecular weight is 287 g/mol. The van der Waals surface area contributed by atoms with Gasteiger partial charge in [-0.25, -0.2) is 0 Å². The fraction of sp³-hybridized carbons (Fsp3) is 0.267. The highest BCUT2D eigenvalue weighted by atomic mass is 16.4. The third kappa shape index (κ3) is 3.92. The maximum absolute atomic E-state index is 12.2. The zero-order valence-corrected chi connectivity index (χ0v) is 11.7. The Morgan fingerprint density at radius 3 is 2.81 bits per heavy atom. The van der Waals surface area contributed by atoms with Crippen molar-refractivity contribution in [2.24, 2.45) is 0 Å². The van der Waals surface area contributed by atoms with E-state index in [-0.39, 0.29) is 12.3 Å². The van der Waals surface area contributed by atoms with Gasteiger partial charge in [-0.2, -0.15) is 5.10 Å². The quantitative estimate of drug-likeness (QED) is 0.852. The zero-order valence-electron chi connectivity index (χ0n) is 11.7. The number of aliphatic carboxylic acids is 1. The average Bonchev–Trinajstić information content (AvgIpc) is 2.89. The largest absolute Gasteiger partial charge is 0.481 e. The minimum atomic E-state index is -0.938. The smallest absolute Gasteiger partial charge is 0.307 e. The molecule has 0 saturated heterocycles. The van der Waals surface area contributed by atoms with Crippen LogP contribution in [-0.2, 0) is 17.8 Å². The summed E-state index contributed by atoms with van der Waals surface area (Å²) in [6, 6.07) is 6.87. The molecule has 0 fully saturated rings. The van der Waals surface area contributed by atoms with Gasteiger partial charge in [-0.1, -0.05) is 25.1 Å². The first-order valence-corrected chi connectivity index (χ1v) is 6.73. The van der Waals surface area contributed by atoms with E-state index in [0.29, 0.717) is 16.8 Å². The number of benzene rings is 1. The van der Waals surface area contributed by atoms with Gasteiger partial charge in [0.15, 0.2) is 0 Å². The summed E-state index contributed by atoms with van der Waals surface area (Å²) in [6.45, 7) is 2.78. The molecule has 0 radical (unpaired) electrons. The maximum Gasteiger partial charge on any atom is 0.307 e. The van der Waals surface area contributed by atoms with Crippen molar-refractivity contribution in [3.8, 4) is 0 Å². The molecule has 6 nitrogen and oxygen atoms in total. The van der Waals surface area contributed by atoms with Gasteiger partial charge in [-0.15, -0.1) is 0 Å². The van der Waals surface area contributed by atoms with Gasteiger partial charge in [0.2, 0.25) is 0 Å². The van der Waals surface area contributed by atoms with Crippen molar-refractivity contribution >= 4 is 17.6 Å². The number of aromatic nitrogens is 2. The lowest BCUT2D eigenvalue weighted by Gasteiger charge is -2.08. The Balaban J connectivity index is 2.13. The summed E-state index contributed by atoms with van der Waals surface area (Å²) in [5, 5.41) is 15.7. The molecule has 6 heteroatoms. The van der Waals surface area contributed by atoms with Crippen LogP contribution in [0, 0.1) is 0 Å². The van der Waals surface area contributed by atoms with Gasteiger partial charge in [-0.3, -0.25) is 14.3 Å². The molecule has 0 saturated carbocycles. The van der Waals surface area contributed by atoms with Gasteiger partial charge >= 0.3 is 5.97 Å². The molecular weight excluding hydrogens is 270 g/mol. The maximum atomic E-state index is 12.2. The SMILES string of the molecule is CCCn1cc(C(=O)Nc2ccccc2CC(=O)O)cn1. The summed E-state index contributed by atoms with van der Waals surface area (Å²) in [4.78, 5) is 23.0. The van der Waals surface area contributed by atoms with Gasteiger partial charge in [0.05, 0.1) is 18.2 Å². The van der Waals surface area contributed by atoms with Crippen LogP contribution in [0.5, 0.6) is 0 Å². The van der Waals surface area contributed by atoms with E-state index in [1.165, 1.54) is 6.20 Å². The molecule has 110 valence electrons. The summed E-state index contributed by atoms with van der Waals surface area (Å²) in [5.74, 6) is -1.23. The van der Waals surface area contributed by atoms with Crippen molar-refractivity contribution in [2.45, 2.75) is 26.3 Å². The molecule has 1 amide bonds. The number of rotatable bonds is 6. The van der Waals surface area contributed by atoms with E-state index in [0.717, 1.165) is 13.0 Å². The Morgan fingerprint density at radius 1 is 1.33 bits per heavy atom. The topological polar surface area (TPSA) is 84.2 Å². The number of carboxylic acids is 1. The van der Waals surface area contributed by atoms with Crippen molar-refractivity contribution in [3.05, 3.63) is 47.8 Å². The Morgan fingerprint density at radius 2 is 2.10 bits per heavy atom. The first-order chi connectivity index (χ1) is 10.1. The number of hydrogen-bond donors (Lipinski definition) is 2. The molecule has 0 aliphatic heterocycles. The fourth-order valence-corrected chi connectivity index (χ4v) is 1.99. The number of aryl methyl sites for hydroxylation is 1. The van der Waals surface area contributed by atoms with Gasteiger partial charge in [0, 0.05) is 18.4 Å². The first-order valence-electron chi connectivity index (χ1n) is 6.73. The van der Waals surface area contributed by atoms with Gasteiger partial charge < -0.3 is 10.4 Å². The molecule has 21 heavy (non-hydrogen) atoms. The predicted octanol–water partition coefficient (Wildman–Crippen LogP) is 2.17. The lowest BCUT2D eigenvalue weighted by atomic mass is 10.1. The van der Waals surface area contributed by atoms with Crippen molar-refractivity contribution in [1.29, 1.82) is 0 Å². The highest BCUT2D eigenvalue weighted by Crippen LogP contribution is 2.17. The second-order valence-corrected chi connectivity index (χ2v) is 4.67. The van der Waals surface area contributed by atoms with Gasteiger partial charge in [0.1, 0.15) is 0 Å². The molecular formula is C15H17N3O3. The minimum absolute atomic E-state index is 0.133. The van der Waals surface area contributed by atoms with Crippen LogP contribution in [0.15, 0.2) is 36.7 Å². The normalized spacial score (nSPS) is 10.3. The highest BCUT2D eigenvalue weighted by molar-refractivity contribution is 6.04. The molecule has 2 rings (SSSR count). The molecule has 0 spiro atoms. The molecule has 1 aromatic carbocycles. The Hall–Kier alpha value is -2.63. The number of nitrogens with one attached hydrogen (secondary N) is 1. The van der Waals surface area contributed by atoms with Crippen LogP contribution in [0.3, 0.4) is 0 Å². The second kappa shape index (κ2) is 6.69. The monoisotopic (exact) mass is 287 g/mol. The number of amides is 1. The van der Waals surface area contributed by atoms with E-state index in [1.54, 1.807) is 35.1 Å². The van der Waals surface area contributed by atoms with E-state index >= 15 is 0 Å². The summed E-state index contributed by atoms with van der Waals surface area (Å²) in [5.41, 5.74) is 1.53. The minimum Gasteiger partial charge on any atom is -0.481 e. The van der Waals surface area contributed by atoms with E-state index in [9.17, 15) is 9.59 Å². The number of carboxylic acid groups (broad SMARTS) is 1. The van der Waals surface area contributed by atoms with Crippen LogP contribution in [0.1, 0.15) is 29.3 Å². The van der Waals surface area contributed by atoms with Crippen LogP contribution in [0.25, 0.3) is 0 Å². The third-order valence-electron chi connectivity index (χ3n) is 2.96. The summed E-state index contributed by atoms with van der Waals surface area (Å²) < 4.78 is 1.71. The standard InChI is InChI=1S/C15H17N3O3/c1-2-7-18-10-12(9-16-18)15(21)17-13-6-4-3-5-11(13)8-14(19)20/h3-6,9-10H,2,7-8H2,1H3,(H,17,21)(H,19,20). The number of hydrogen-bond acceptors (Lipinski definition) is 3. The van der Waals surface area contributed by atoms with Crippen LogP contribution >= 0.6 is 0 Å². The Labute approximate surface area is 122 Å². The molecule has 0 bridgehead atoms. The zero-order chi connectivity index (χ0) is 15.2. The van der Waals surface area contributed by atoms with E-state index < -0.39 is 5.97 Å². The van der Waals surface area contributed by atoms with E-state index in [1.807, 2.05) is 6.92 Å². The second-order valence-electron chi connectivity index (χ2n) is 4.67. The molecule has 2 aromatic rings. The number of anilines is 1. The first kappa shape index (κ1) is 14.8. The molecule has 0 aliphatic carbocycles. The van der Waals surface area contributed by atoms with Crippen LogP contribution < -0.4 is 5.32 Å². The number of carbonyl (C=O) groups excluding carboxylic acids is 1. The molecule has 1 aromatic heterocycles. The summed E-state index contributed by atoms with van der Waals surface area (Å²) >= 11 is 0. The van der Waals surface area contributed by atoms with Crippen LogP contribution in [-0.4, -0.2) is 26.8 Å². The van der Waals surface area contributed by atoms with E-state index in [4.69, 9.17) is 5.11 Å². The van der Waals surface area contributed by atoms with Gasteiger partial charge in [-0.05, 0) is 18.1 Å². The summed E-state index contributed by atoms with van der Waals surface area (Å²) in [6.07, 6.45) is 3.99.